The van der Waals surface area contributed by atoms with Gasteiger partial charge in [-0.05, 0) is 30.0 Å². The lowest BCUT2D eigenvalue weighted by Gasteiger charge is -2.36. The van der Waals surface area contributed by atoms with E-state index in [0.717, 1.165) is 49.6 Å². The second kappa shape index (κ2) is 6.45. The zero-order valence-corrected chi connectivity index (χ0v) is 12.6. The molecule has 2 rings (SSSR count). The SMILES string of the molecule is CN(C)CCN1CCN(c2ncncc2Br)CC1. The first-order valence-corrected chi connectivity index (χ1v) is 7.03. The molecule has 0 atom stereocenters. The van der Waals surface area contributed by atoms with Crippen molar-refractivity contribution in [2.45, 2.75) is 0 Å². The fraction of sp³-hybridized carbons (Fsp3) is 0.667. The molecule has 0 bridgehead atoms. The standard InChI is InChI=1S/C12H20BrN5/c1-16(2)3-4-17-5-7-18(8-6-17)12-11(13)9-14-10-15-12/h9-10H,3-8H2,1-2H3. The molecule has 1 aromatic rings. The first kappa shape index (κ1) is 13.7. The highest BCUT2D eigenvalue weighted by Gasteiger charge is 2.19. The average Bonchev–Trinajstić information content (AvgIpc) is 2.38. The van der Waals surface area contributed by atoms with Crippen LogP contribution in [-0.2, 0) is 0 Å². The van der Waals surface area contributed by atoms with Crippen LogP contribution in [0, 0.1) is 0 Å². The Bertz CT molecular complexity index is 376. The highest BCUT2D eigenvalue weighted by Crippen LogP contribution is 2.22. The van der Waals surface area contributed by atoms with Crippen molar-refractivity contribution >= 4 is 21.7 Å². The molecule has 5 nitrogen and oxygen atoms in total. The van der Waals surface area contributed by atoms with Crippen LogP contribution in [0.3, 0.4) is 0 Å². The monoisotopic (exact) mass is 313 g/mol. The quantitative estimate of drug-likeness (QED) is 0.826. The second-order valence-electron chi connectivity index (χ2n) is 4.83. The Balaban J connectivity index is 1.85. The molecule has 1 aromatic heterocycles. The summed E-state index contributed by atoms with van der Waals surface area (Å²) >= 11 is 3.51. The number of anilines is 1. The van der Waals surface area contributed by atoms with Gasteiger partial charge in [0.2, 0.25) is 0 Å². The topological polar surface area (TPSA) is 35.5 Å². The van der Waals surface area contributed by atoms with Gasteiger partial charge in [0.25, 0.3) is 0 Å². The summed E-state index contributed by atoms with van der Waals surface area (Å²) in [4.78, 5) is 15.4. The zero-order valence-electron chi connectivity index (χ0n) is 11.0. The van der Waals surface area contributed by atoms with Gasteiger partial charge in [-0.1, -0.05) is 0 Å². The predicted molar refractivity (Wildman–Crippen MR) is 76.9 cm³/mol. The molecule has 1 aliphatic heterocycles. The van der Waals surface area contributed by atoms with Gasteiger partial charge in [0.05, 0.1) is 4.47 Å². The van der Waals surface area contributed by atoms with Crippen molar-refractivity contribution in [3.05, 3.63) is 17.0 Å². The molecule has 0 saturated carbocycles. The largest absolute Gasteiger partial charge is 0.353 e. The summed E-state index contributed by atoms with van der Waals surface area (Å²) in [5.74, 6) is 1.01. The minimum Gasteiger partial charge on any atom is -0.353 e. The average molecular weight is 314 g/mol. The second-order valence-corrected chi connectivity index (χ2v) is 5.68. The lowest BCUT2D eigenvalue weighted by atomic mass is 10.3. The van der Waals surface area contributed by atoms with E-state index in [1.54, 1.807) is 12.5 Å². The molecule has 1 saturated heterocycles. The first-order chi connectivity index (χ1) is 8.66. The molecule has 6 heteroatoms. The third-order valence-corrected chi connectivity index (χ3v) is 3.74. The van der Waals surface area contributed by atoms with Crippen molar-refractivity contribution in [1.29, 1.82) is 0 Å². The molecule has 2 heterocycles. The molecule has 0 spiro atoms. The van der Waals surface area contributed by atoms with E-state index in [0.29, 0.717) is 0 Å². The number of halogens is 1. The first-order valence-electron chi connectivity index (χ1n) is 6.24. The third kappa shape index (κ3) is 3.63. The van der Waals surface area contributed by atoms with Gasteiger partial charge in [0.1, 0.15) is 12.1 Å². The molecule has 0 unspecified atom stereocenters. The third-order valence-electron chi connectivity index (χ3n) is 3.18. The van der Waals surface area contributed by atoms with Crippen LogP contribution >= 0.6 is 15.9 Å². The van der Waals surface area contributed by atoms with Gasteiger partial charge in [-0.15, -0.1) is 0 Å². The van der Waals surface area contributed by atoms with E-state index in [1.165, 1.54) is 0 Å². The highest BCUT2D eigenvalue weighted by atomic mass is 79.9. The summed E-state index contributed by atoms with van der Waals surface area (Å²) < 4.78 is 0.978. The zero-order chi connectivity index (χ0) is 13.0. The van der Waals surface area contributed by atoms with Crippen molar-refractivity contribution in [2.24, 2.45) is 0 Å². The van der Waals surface area contributed by atoms with E-state index >= 15 is 0 Å². The molecule has 1 fully saturated rings. The number of nitrogens with zero attached hydrogens (tertiary/aromatic N) is 5. The van der Waals surface area contributed by atoms with Gasteiger partial charge in [0, 0.05) is 45.5 Å². The van der Waals surface area contributed by atoms with Gasteiger partial charge in [-0.3, -0.25) is 4.90 Å². The maximum absolute atomic E-state index is 4.34. The smallest absolute Gasteiger partial charge is 0.146 e. The summed E-state index contributed by atoms with van der Waals surface area (Å²) in [5, 5.41) is 0. The number of likely N-dealkylation sites (N-methyl/N-ethyl adjacent to an activating group) is 1. The van der Waals surface area contributed by atoms with Gasteiger partial charge >= 0.3 is 0 Å². The van der Waals surface area contributed by atoms with E-state index in [-0.39, 0.29) is 0 Å². The van der Waals surface area contributed by atoms with E-state index in [4.69, 9.17) is 0 Å². The van der Waals surface area contributed by atoms with Crippen LogP contribution in [0.2, 0.25) is 0 Å². The van der Waals surface area contributed by atoms with Gasteiger partial charge < -0.3 is 9.80 Å². The van der Waals surface area contributed by atoms with E-state index in [2.05, 4.69) is 54.7 Å². The summed E-state index contributed by atoms with van der Waals surface area (Å²) in [5.41, 5.74) is 0. The number of hydrogen-bond donors (Lipinski definition) is 0. The van der Waals surface area contributed by atoms with Crippen molar-refractivity contribution < 1.29 is 0 Å². The lowest BCUT2D eigenvalue weighted by molar-refractivity contribution is 0.229. The molecule has 0 aliphatic carbocycles. The van der Waals surface area contributed by atoms with E-state index in [1.807, 2.05) is 0 Å². The van der Waals surface area contributed by atoms with Crippen molar-refractivity contribution in [3.8, 4) is 0 Å². The van der Waals surface area contributed by atoms with Crippen LogP contribution in [-0.4, -0.2) is 73.1 Å². The van der Waals surface area contributed by atoms with Gasteiger partial charge in [-0.25, -0.2) is 9.97 Å². The van der Waals surface area contributed by atoms with Gasteiger partial charge in [-0.2, -0.15) is 0 Å². The van der Waals surface area contributed by atoms with Crippen LogP contribution in [0.4, 0.5) is 5.82 Å². The van der Waals surface area contributed by atoms with Crippen LogP contribution in [0.25, 0.3) is 0 Å². The molecule has 0 radical (unpaired) electrons. The lowest BCUT2D eigenvalue weighted by Crippen LogP contribution is -2.48. The van der Waals surface area contributed by atoms with Crippen LogP contribution in [0.15, 0.2) is 17.0 Å². The highest BCUT2D eigenvalue weighted by molar-refractivity contribution is 9.10. The Morgan fingerprint density at radius 1 is 1.28 bits per heavy atom. The fourth-order valence-corrected chi connectivity index (χ4v) is 2.53. The van der Waals surface area contributed by atoms with Crippen LogP contribution in [0.1, 0.15) is 0 Å². The summed E-state index contributed by atoms with van der Waals surface area (Å²) in [6.07, 6.45) is 3.42. The van der Waals surface area contributed by atoms with Crippen molar-refractivity contribution in [3.63, 3.8) is 0 Å². The molecular weight excluding hydrogens is 294 g/mol. The molecule has 1 aliphatic rings. The Morgan fingerprint density at radius 2 is 2.00 bits per heavy atom. The predicted octanol–water partition coefficient (Wildman–Crippen LogP) is 0.923. The van der Waals surface area contributed by atoms with E-state index < -0.39 is 0 Å². The Hall–Kier alpha value is -0.720. The van der Waals surface area contributed by atoms with Crippen LogP contribution < -0.4 is 4.90 Å². The number of aromatic nitrogens is 2. The fourth-order valence-electron chi connectivity index (χ4n) is 2.06. The maximum Gasteiger partial charge on any atom is 0.146 e. The van der Waals surface area contributed by atoms with Crippen LogP contribution in [0.5, 0.6) is 0 Å². The minimum absolute atomic E-state index is 0.978. The molecule has 0 N–H and O–H groups in total. The summed E-state index contributed by atoms with van der Waals surface area (Å²) in [6.45, 7) is 6.53. The normalized spacial score (nSPS) is 17.4. The molecule has 100 valence electrons. The van der Waals surface area contributed by atoms with Gasteiger partial charge in [0.15, 0.2) is 0 Å². The molecular formula is C12H20BrN5. The van der Waals surface area contributed by atoms with Crippen molar-refractivity contribution in [2.75, 3.05) is 58.3 Å². The Labute approximate surface area is 117 Å². The molecule has 0 aromatic carbocycles. The summed E-state index contributed by atoms with van der Waals surface area (Å²) in [7, 11) is 4.24. The Kier molecular flexibility index (Phi) is 4.91. The van der Waals surface area contributed by atoms with Crippen molar-refractivity contribution in [1.82, 2.24) is 19.8 Å². The Morgan fingerprint density at radius 3 is 2.61 bits per heavy atom. The number of rotatable bonds is 4. The summed E-state index contributed by atoms with van der Waals surface area (Å²) in [6, 6.07) is 0. The molecule has 18 heavy (non-hydrogen) atoms. The maximum atomic E-state index is 4.34. The number of hydrogen-bond acceptors (Lipinski definition) is 5. The number of piperazine rings is 1. The molecule has 0 amide bonds. The minimum atomic E-state index is 0.978. The van der Waals surface area contributed by atoms with E-state index in [9.17, 15) is 0 Å².